The molecule has 1 aliphatic heterocycles. The van der Waals surface area contributed by atoms with Crippen molar-refractivity contribution in [1.29, 1.82) is 0 Å². The van der Waals surface area contributed by atoms with Crippen LogP contribution in [0.4, 0.5) is 0 Å². The van der Waals surface area contributed by atoms with Gasteiger partial charge in [-0.05, 0) is 19.1 Å². The minimum Gasteiger partial charge on any atom is -0.486 e. The molecule has 1 aliphatic rings. The number of hydrogen-bond donors (Lipinski definition) is 1. The Labute approximate surface area is 111 Å². The van der Waals surface area contributed by atoms with Crippen LogP contribution in [0.3, 0.4) is 0 Å². The summed E-state index contributed by atoms with van der Waals surface area (Å²) in [5, 5.41) is 10.4. The van der Waals surface area contributed by atoms with Crippen LogP contribution in [0.25, 0.3) is 0 Å². The molecule has 1 N–H and O–H groups in total. The van der Waals surface area contributed by atoms with Crippen molar-refractivity contribution in [3.05, 3.63) is 42.5 Å². The lowest BCUT2D eigenvalue weighted by atomic mass is 10.1. The zero-order valence-electron chi connectivity index (χ0n) is 10.7. The second kappa shape index (κ2) is 4.93. The first-order valence-electron chi connectivity index (χ1n) is 6.37. The molecule has 1 aromatic heterocycles. The number of aliphatic hydroxyl groups excluding tert-OH is 1. The maximum absolute atomic E-state index is 10.4. The standard InChI is InChI=1S/C14H16N2O3/c1-2-16-8-7-15-14(16)13(17)12-9-18-10-5-3-4-6-11(10)19-12/h3-8,12-13,17H,2,9H2,1H3. The van der Waals surface area contributed by atoms with Crippen molar-refractivity contribution in [2.24, 2.45) is 0 Å². The van der Waals surface area contributed by atoms with Crippen LogP contribution >= 0.6 is 0 Å². The van der Waals surface area contributed by atoms with Crippen LogP contribution < -0.4 is 9.47 Å². The van der Waals surface area contributed by atoms with Gasteiger partial charge in [0.25, 0.3) is 0 Å². The summed E-state index contributed by atoms with van der Waals surface area (Å²) in [4.78, 5) is 4.20. The minimum atomic E-state index is -0.802. The molecule has 0 aliphatic carbocycles. The van der Waals surface area contributed by atoms with Crippen molar-refractivity contribution in [2.75, 3.05) is 6.61 Å². The highest BCUT2D eigenvalue weighted by molar-refractivity contribution is 5.40. The quantitative estimate of drug-likeness (QED) is 0.914. The van der Waals surface area contributed by atoms with Gasteiger partial charge in [0.15, 0.2) is 23.7 Å². The van der Waals surface area contributed by atoms with Crippen LogP contribution in [-0.4, -0.2) is 27.4 Å². The summed E-state index contributed by atoms with van der Waals surface area (Å²) in [5.41, 5.74) is 0. The molecule has 0 radical (unpaired) electrons. The van der Waals surface area contributed by atoms with Crippen LogP contribution in [-0.2, 0) is 6.54 Å². The number of imidazole rings is 1. The van der Waals surface area contributed by atoms with E-state index < -0.39 is 12.2 Å². The molecule has 2 atom stereocenters. The van der Waals surface area contributed by atoms with Crippen molar-refractivity contribution >= 4 is 0 Å². The van der Waals surface area contributed by atoms with E-state index in [2.05, 4.69) is 4.98 Å². The van der Waals surface area contributed by atoms with Crippen molar-refractivity contribution in [3.8, 4) is 11.5 Å². The maximum atomic E-state index is 10.4. The highest BCUT2D eigenvalue weighted by Gasteiger charge is 2.31. The van der Waals surface area contributed by atoms with E-state index >= 15 is 0 Å². The number of fused-ring (bicyclic) bond motifs is 1. The molecule has 0 fully saturated rings. The topological polar surface area (TPSA) is 56.5 Å². The number of nitrogens with zero attached hydrogens (tertiary/aromatic N) is 2. The van der Waals surface area contributed by atoms with Crippen molar-refractivity contribution < 1.29 is 14.6 Å². The molecule has 0 bridgehead atoms. The summed E-state index contributed by atoms with van der Waals surface area (Å²) < 4.78 is 13.3. The van der Waals surface area contributed by atoms with E-state index in [-0.39, 0.29) is 0 Å². The van der Waals surface area contributed by atoms with E-state index in [9.17, 15) is 5.11 Å². The van der Waals surface area contributed by atoms with Gasteiger partial charge in [0, 0.05) is 18.9 Å². The van der Waals surface area contributed by atoms with E-state index in [1.165, 1.54) is 0 Å². The van der Waals surface area contributed by atoms with Crippen molar-refractivity contribution in [2.45, 2.75) is 25.7 Å². The average molecular weight is 260 g/mol. The van der Waals surface area contributed by atoms with Crippen LogP contribution in [0.5, 0.6) is 11.5 Å². The Morgan fingerprint density at radius 2 is 2.21 bits per heavy atom. The molecule has 1 aromatic carbocycles. The SMILES string of the molecule is CCn1ccnc1C(O)C1COc2ccccc2O1. The van der Waals surface area contributed by atoms with Crippen LogP contribution in [0.15, 0.2) is 36.7 Å². The lowest BCUT2D eigenvalue weighted by Gasteiger charge is -2.29. The van der Waals surface area contributed by atoms with Crippen molar-refractivity contribution in [1.82, 2.24) is 9.55 Å². The molecular weight excluding hydrogens is 244 g/mol. The lowest BCUT2D eigenvalue weighted by Crippen LogP contribution is -2.36. The van der Waals surface area contributed by atoms with E-state index in [0.29, 0.717) is 23.9 Å². The molecular formula is C14H16N2O3. The molecule has 3 rings (SSSR count). The fraction of sp³-hybridized carbons (Fsp3) is 0.357. The third-order valence-corrected chi connectivity index (χ3v) is 3.24. The molecule has 2 aromatic rings. The number of rotatable bonds is 3. The van der Waals surface area contributed by atoms with Gasteiger partial charge in [-0.1, -0.05) is 12.1 Å². The van der Waals surface area contributed by atoms with Gasteiger partial charge >= 0.3 is 0 Å². The van der Waals surface area contributed by atoms with E-state index in [4.69, 9.17) is 9.47 Å². The molecule has 19 heavy (non-hydrogen) atoms. The Hall–Kier alpha value is -2.01. The number of hydrogen-bond acceptors (Lipinski definition) is 4. The Bertz CT molecular complexity index is 567. The molecule has 2 unspecified atom stereocenters. The first-order valence-corrected chi connectivity index (χ1v) is 6.37. The Balaban J connectivity index is 1.81. The van der Waals surface area contributed by atoms with Crippen LogP contribution in [0.2, 0.25) is 0 Å². The van der Waals surface area contributed by atoms with Crippen molar-refractivity contribution in [3.63, 3.8) is 0 Å². The molecule has 0 amide bonds. The number of aromatic nitrogens is 2. The smallest absolute Gasteiger partial charge is 0.166 e. The lowest BCUT2D eigenvalue weighted by molar-refractivity contribution is -0.0168. The zero-order chi connectivity index (χ0) is 13.2. The number of para-hydroxylation sites is 2. The first kappa shape index (κ1) is 12.0. The summed E-state index contributed by atoms with van der Waals surface area (Å²) in [5.74, 6) is 1.98. The second-order valence-corrected chi connectivity index (χ2v) is 4.43. The number of benzene rings is 1. The largest absolute Gasteiger partial charge is 0.486 e. The molecule has 100 valence electrons. The zero-order valence-corrected chi connectivity index (χ0v) is 10.7. The minimum absolute atomic E-state index is 0.314. The van der Waals surface area contributed by atoms with Gasteiger partial charge in [0.05, 0.1) is 0 Å². The van der Waals surface area contributed by atoms with Gasteiger partial charge in [0.2, 0.25) is 0 Å². The van der Waals surface area contributed by atoms with E-state index in [1.54, 1.807) is 6.20 Å². The van der Waals surface area contributed by atoms with Crippen LogP contribution in [0, 0.1) is 0 Å². The predicted octanol–water partition coefficient (Wildman–Crippen LogP) is 1.78. The summed E-state index contributed by atoms with van der Waals surface area (Å²) in [6, 6.07) is 7.46. The highest BCUT2D eigenvalue weighted by Crippen LogP contribution is 2.33. The number of aryl methyl sites for hydroxylation is 1. The summed E-state index contributed by atoms with van der Waals surface area (Å²) in [6.07, 6.45) is 2.28. The maximum Gasteiger partial charge on any atom is 0.166 e. The van der Waals surface area contributed by atoms with Gasteiger partial charge in [-0.3, -0.25) is 0 Å². The van der Waals surface area contributed by atoms with E-state index in [1.807, 2.05) is 42.0 Å². The van der Waals surface area contributed by atoms with Crippen LogP contribution in [0.1, 0.15) is 18.9 Å². The second-order valence-electron chi connectivity index (χ2n) is 4.43. The summed E-state index contributed by atoms with van der Waals surface area (Å²) >= 11 is 0. The normalized spacial score (nSPS) is 19.2. The Morgan fingerprint density at radius 3 is 3.00 bits per heavy atom. The molecule has 5 nitrogen and oxygen atoms in total. The third kappa shape index (κ3) is 2.17. The Morgan fingerprint density at radius 1 is 1.42 bits per heavy atom. The average Bonchev–Trinajstić information content (AvgIpc) is 2.94. The van der Waals surface area contributed by atoms with Gasteiger partial charge in [0.1, 0.15) is 12.4 Å². The monoisotopic (exact) mass is 260 g/mol. The fourth-order valence-electron chi connectivity index (χ4n) is 2.21. The third-order valence-electron chi connectivity index (χ3n) is 3.24. The molecule has 5 heteroatoms. The number of ether oxygens (including phenoxy) is 2. The highest BCUT2D eigenvalue weighted by atomic mass is 16.6. The molecule has 0 saturated carbocycles. The Kier molecular flexibility index (Phi) is 3.13. The summed E-state index contributed by atoms with van der Waals surface area (Å²) in [7, 11) is 0. The molecule has 0 spiro atoms. The van der Waals surface area contributed by atoms with Gasteiger partial charge < -0.3 is 19.1 Å². The predicted molar refractivity (Wildman–Crippen MR) is 69.2 cm³/mol. The summed E-state index contributed by atoms with van der Waals surface area (Å²) in [6.45, 7) is 3.08. The fourth-order valence-corrected chi connectivity index (χ4v) is 2.21. The van der Waals surface area contributed by atoms with Gasteiger partial charge in [-0.15, -0.1) is 0 Å². The van der Waals surface area contributed by atoms with Gasteiger partial charge in [-0.2, -0.15) is 0 Å². The van der Waals surface area contributed by atoms with Gasteiger partial charge in [-0.25, -0.2) is 4.98 Å². The first-order chi connectivity index (χ1) is 9.29. The molecule has 0 saturated heterocycles. The number of aliphatic hydroxyl groups is 1. The van der Waals surface area contributed by atoms with E-state index in [0.717, 1.165) is 6.54 Å². The molecule has 2 heterocycles.